The molecule has 1 aromatic rings. The normalized spacial score (nSPS) is 10.0. The van der Waals surface area contributed by atoms with Gasteiger partial charge in [0.1, 0.15) is 0 Å². The lowest BCUT2D eigenvalue weighted by Crippen LogP contribution is -2.11. The number of carbonyl (C=O) groups is 1. The molecule has 11 heavy (non-hydrogen) atoms. The van der Waals surface area contributed by atoms with E-state index in [0.29, 0.717) is 9.90 Å². The predicted molar refractivity (Wildman–Crippen MR) is 47.4 cm³/mol. The average Bonchev–Trinajstić information content (AvgIpc) is 2.30. The second kappa shape index (κ2) is 3.43. The molecule has 1 rings (SSSR count). The van der Waals surface area contributed by atoms with Crippen molar-refractivity contribution in [2.75, 3.05) is 0 Å². The molecule has 5 heteroatoms. The average molecular weight is 210 g/mol. The summed E-state index contributed by atoms with van der Waals surface area (Å²) in [4.78, 5) is 11.4. The zero-order chi connectivity index (χ0) is 8.43. The highest BCUT2D eigenvalue weighted by atomic mass is 35.5. The van der Waals surface area contributed by atoms with Crippen molar-refractivity contribution in [3.63, 3.8) is 0 Å². The molecular formula is C6H5Cl2NOS. The van der Waals surface area contributed by atoms with Gasteiger partial charge in [0.05, 0.1) is 15.8 Å². The maximum Gasteiger partial charge on any atom is 0.249 e. The second-order valence-corrected chi connectivity index (χ2v) is 3.92. The fourth-order valence-corrected chi connectivity index (χ4v) is 2.14. The number of nitrogens with two attached hydrogens (primary N) is 1. The maximum absolute atomic E-state index is 10.7. The van der Waals surface area contributed by atoms with Gasteiger partial charge >= 0.3 is 0 Å². The molecule has 0 saturated heterocycles. The van der Waals surface area contributed by atoms with Crippen LogP contribution in [-0.4, -0.2) is 5.91 Å². The van der Waals surface area contributed by atoms with Gasteiger partial charge in [-0.2, -0.15) is 0 Å². The Bertz CT molecular complexity index is 284. The van der Waals surface area contributed by atoms with Gasteiger partial charge in [0.2, 0.25) is 5.91 Å². The van der Waals surface area contributed by atoms with Crippen LogP contribution >= 0.6 is 34.5 Å². The summed E-state index contributed by atoms with van der Waals surface area (Å²) >= 11 is 12.4. The van der Waals surface area contributed by atoms with Crippen molar-refractivity contribution >= 4 is 40.4 Å². The fraction of sp³-hybridized carbons (Fsp3) is 0.167. The molecular weight excluding hydrogens is 205 g/mol. The molecule has 0 aliphatic carbocycles. The van der Waals surface area contributed by atoms with Crippen LogP contribution in [0.5, 0.6) is 0 Å². The van der Waals surface area contributed by atoms with E-state index in [-0.39, 0.29) is 5.88 Å². The molecule has 1 amide bonds. The molecule has 0 unspecified atom stereocenters. The lowest BCUT2D eigenvalue weighted by atomic mass is 10.2. The number of hydrogen-bond acceptors (Lipinski definition) is 2. The van der Waals surface area contributed by atoms with Gasteiger partial charge < -0.3 is 5.73 Å². The van der Waals surface area contributed by atoms with E-state index >= 15 is 0 Å². The van der Waals surface area contributed by atoms with Crippen molar-refractivity contribution in [1.82, 2.24) is 0 Å². The van der Waals surface area contributed by atoms with Crippen LogP contribution in [0.1, 0.15) is 15.2 Å². The first kappa shape index (κ1) is 8.84. The minimum atomic E-state index is -0.483. The van der Waals surface area contributed by atoms with E-state index in [1.54, 1.807) is 0 Å². The Kier molecular flexibility index (Phi) is 2.76. The number of rotatable bonds is 2. The molecule has 2 N–H and O–H groups in total. The van der Waals surface area contributed by atoms with Gasteiger partial charge in [-0.15, -0.1) is 22.9 Å². The maximum atomic E-state index is 10.7. The summed E-state index contributed by atoms with van der Waals surface area (Å²) in [5.74, 6) is -0.209. The quantitative estimate of drug-likeness (QED) is 0.747. The number of thiophene rings is 1. The lowest BCUT2D eigenvalue weighted by molar-refractivity contribution is 0.1000. The Hall–Kier alpha value is -0.250. The molecule has 0 bridgehead atoms. The number of primary amides is 1. The number of alkyl halides is 1. The Morgan fingerprint density at radius 2 is 2.36 bits per heavy atom. The van der Waals surface area contributed by atoms with Gasteiger partial charge in [0.25, 0.3) is 0 Å². The highest BCUT2D eigenvalue weighted by Crippen LogP contribution is 2.27. The van der Waals surface area contributed by atoms with E-state index < -0.39 is 5.91 Å². The molecule has 0 radical (unpaired) electrons. The van der Waals surface area contributed by atoms with Gasteiger partial charge in [0.15, 0.2) is 0 Å². The van der Waals surface area contributed by atoms with Crippen LogP contribution in [0.15, 0.2) is 6.07 Å². The van der Waals surface area contributed by atoms with Crippen LogP contribution in [0.4, 0.5) is 0 Å². The first-order chi connectivity index (χ1) is 5.15. The van der Waals surface area contributed by atoms with Gasteiger partial charge in [-0.05, 0) is 6.07 Å². The summed E-state index contributed by atoms with van der Waals surface area (Å²) in [6.07, 6.45) is 0. The van der Waals surface area contributed by atoms with Crippen LogP contribution in [-0.2, 0) is 5.88 Å². The van der Waals surface area contributed by atoms with Crippen molar-refractivity contribution in [3.05, 3.63) is 20.8 Å². The summed E-state index contributed by atoms with van der Waals surface area (Å²) in [6.45, 7) is 0. The van der Waals surface area contributed by atoms with Crippen LogP contribution < -0.4 is 5.73 Å². The zero-order valence-corrected chi connectivity index (χ0v) is 7.76. The van der Waals surface area contributed by atoms with Crippen LogP contribution in [0.2, 0.25) is 4.34 Å². The van der Waals surface area contributed by atoms with E-state index in [9.17, 15) is 4.79 Å². The van der Waals surface area contributed by atoms with E-state index in [2.05, 4.69) is 0 Å². The number of hydrogen-bond donors (Lipinski definition) is 1. The molecule has 0 aliphatic rings. The summed E-state index contributed by atoms with van der Waals surface area (Å²) in [5, 5.41) is 0. The van der Waals surface area contributed by atoms with E-state index in [1.165, 1.54) is 17.4 Å². The molecule has 2 nitrogen and oxygen atoms in total. The smallest absolute Gasteiger partial charge is 0.249 e. The standard InChI is InChI=1S/C6H5Cl2NOS/c7-2-4-3(6(9)10)1-5(8)11-4/h1H,2H2,(H2,9,10). The second-order valence-electron chi connectivity index (χ2n) is 1.89. The summed E-state index contributed by atoms with van der Waals surface area (Å²) in [5.41, 5.74) is 5.48. The van der Waals surface area contributed by atoms with Gasteiger partial charge in [0, 0.05) is 4.88 Å². The van der Waals surface area contributed by atoms with E-state index in [1.807, 2.05) is 0 Å². The Labute approximate surface area is 77.9 Å². The minimum Gasteiger partial charge on any atom is -0.366 e. The number of amides is 1. The van der Waals surface area contributed by atoms with Crippen LogP contribution in [0.25, 0.3) is 0 Å². The topological polar surface area (TPSA) is 43.1 Å². The molecule has 0 aliphatic heterocycles. The highest BCUT2D eigenvalue weighted by Gasteiger charge is 2.10. The third-order valence-electron chi connectivity index (χ3n) is 1.17. The predicted octanol–water partition coefficient (Wildman–Crippen LogP) is 2.24. The molecule has 0 spiro atoms. The first-order valence-corrected chi connectivity index (χ1v) is 4.52. The van der Waals surface area contributed by atoms with Crippen molar-refractivity contribution < 1.29 is 4.79 Å². The number of carbonyl (C=O) groups excluding carboxylic acids is 1. The van der Waals surface area contributed by atoms with Crippen molar-refractivity contribution in [2.24, 2.45) is 5.73 Å². The first-order valence-electron chi connectivity index (χ1n) is 2.79. The molecule has 1 heterocycles. The Morgan fingerprint density at radius 1 is 1.73 bits per heavy atom. The van der Waals surface area contributed by atoms with Gasteiger partial charge in [-0.1, -0.05) is 11.6 Å². The monoisotopic (exact) mass is 209 g/mol. The van der Waals surface area contributed by atoms with Crippen molar-refractivity contribution in [3.8, 4) is 0 Å². The SMILES string of the molecule is NC(=O)c1cc(Cl)sc1CCl. The fourth-order valence-electron chi connectivity index (χ4n) is 0.704. The highest BCUT2D eigenvalue weighted by molar-refractivity contribution is 7.16. The van der Waals surface area contributed by atoms with Crippen LogP contribution in [0.3, 0.4) is 0 Å². The van der Waals surface area contributed by atoms with Gasteiger partial charge in [-0.3, -0.25) is 4.79 Å². The summed E-state index contributed by atoms with van der Waals surface area (Å²) in [7, 11) is 0. The molecule has 0 saturated carbocycles. The van der Waals surface area contributed by atoms with Crippen molar-refractivity contribution in [1.29, 1.82) is 0 Å². The third-order valence-corrected chi connectivity index (χ3v) is 2.86. The largest absolute Gasteiger partial charge is 0.366 e. The molecule has 0 fully saturated rings. The van der Waals surface area contributed by atoms with Gasteiger partial charge in [-0.25, -0.2) is 0 Å². The number of halogens is 2. The van der Waals surface area contributed by atoms with E-state index in [0.717, 1.165) is 4.88 Å². The molecule has 0 atom stereocenters. The van der Waals surface area contributed by atoms with Crippen molar-refractivity contribution in [2.45, 2.75) is 5.88 Å². The Balaban J connectivity index is 3.12. The third kappa shape index (κ3) is 1.86. The summed E-state index contributed by atoms with van der Waals surface area (Å²) in [6, 6.07) is 1.53. The molecule has 0 aromatic carbocycles. The van der Waals surface area contributed by atoms with E-state index in [4.69, 9.17) is 28.9 Å². The Morgan fingerprint density at radius 3 is 2.73 bits per heavy atom. The molecule has 1 aromatic heterocycles. The molecule has 60 valence electrons. The minimum absolute atomic E-state index is 0.273. The lowest BCUT2D eigenvalue weighted by Gasteiger charge is -1.91. The summed E-state index contributed by atoms with van der Waals surface area (Å²) < 4.78 is 0.537. The zero-order valence-electron chi connectivity index (χ0n) is 5.43. The van der Waals surface area contributed by atoms with Crippen LogP contribution in [0, 0.1) is 0 Å².